The van der Waals surface area contributed by atoms with Crippen LogP contribution in [-0.4, -0.2) is 29.6 Å². The molecular weight excluding hydrogens is 314 g/mol. The summed E-state index contributed by atoms with van der Waals surface area (Å²) in [4.78, 5) is 2.49. The summed E-state index contributed by atoms with van der Waals surface area (Å²) in [6.45, 7) is 11.0. The Balaban J connectivity index is 3.01. The number of halogens is 1. The van der Waals surface area contributed by atoms with Crippen LogP contribution in [0.1, 0.15) is 39.7 Å². The second-order valence-electron chi connectivity index (χ2n) is 5.40. The number of benzene rings is 1. The van der Waals surface area contributed by atoms with Gasteiger partial charge in [0, 0.05) is 16.1 Å². The molecular formula is C16H28BrN3. The highest BCUT2D eigenvalue weighted by Gasteiger charge is 2.36. The lowest BCUT2D eigenvalue weighted by Crippen LogP contribution is -2.61. The summed E-state index contributed by atoms with van der Waals surface area (Å²) in [5, 5.41) is 0. The molecule has 1 aromatic rings. The first-order valence-electron chi connectivity index (χ1n) is 7.48. The lowest BCUT2D eigenvalue weighted by atomic mass is 9.83. The largest absolute Gasteiger partial charge is 0.297 e. The molecule has 3 nitrogen and oxygen atoms in total. The number of nitrogens with zero attached hydrogens (tertiary/aromatic N) is 1. The lowest BCUT2D eigenvalue weighted by Gasteiger charge is -2.45. The second-order valence-corrected chi connectivity index (χ2v) is 6.25. The monoisotopic (exact) mass is 341 g/mol. The summed E-state index contributed by atoms with van der Waals surface area (Å²) in [6, 6.07) is 8.58. The first kappa shape index (κ1) is 17.6. The standard InChI is InChI=1S/C16H28BrN3/c1-5-16(4,20(6-2)7-3)15(19-18)12-13-10-8-9-11-14(13)17/h8-11,15,19H,5-7,12,18H2,1-4H3. The maximum absolute atomic E-state index is 5.89. The Morgan fingerprint density at radius 2 is 1.85 bits per heavy atom. The third-order valence-corrected chi connectivity index (χ3v) is 5.31. The third kappa shape index (κ3) is 3.82. The zero-order valence-corrected chi connectivity index (χ0v) is 14.7. The van der Waals surface area contributed by atoms with Gasteiger partial charge in [0.2, 0.25) is 0 Å². The molecule has 114 valence electrons. The highest BCUT2D eigenvalue weighted by Crippen LogP contribution is 2.27. The number of nitrogens with one attached hydrogen (secondary N) is 1. The summed E-state index contributed by atoms with van der Waals surface area (Å²) in [5.41, 5.74) is 4.40. The summed E-state index contributed by atoms with van der Waals surface area (Å²) >= 11 is 3.63. The van der Waals surface area contributed by atoms with Crippen LogP contribution >= 0.6 is 15.9 Å². The maximum atomic E-state index is 5.89. The van der Waals surface area contributed by atoms with Gasteiger partial charge in [-0.25, -0.2) is 0 Å². The highest BCUT2D eigenvalue weighted by molar-refractivity contribution is 9.10. The molecule has 0 aromatic heterocycles. The lowest BCUT2D eigenvalue weighted by molar-refractivity contribution is 0.0700. The van der Waals surface area contributed by atoms with Gasteiger partial charge in [-0.05, 0) is 44.5 Å². The van der Waals surface area contributed by atoms with Crippen molar-refractivity contribution >= 4 is 15.9 Å². The van der Waals surface area contributed by atoms with E-state index in [2.05, 4.69) is 72.1 Å². The molecule has 0 fully saturated rings. The first-order chi connectivity index (χ1) is 9.53. The van der Waals surface area contributed by atoms with E-state index in [4.69, 9.17) is 5.84 Å². The number of rotatable bonds is 8. The van der Waals surface area contributed by atoms with E-state index in [-0.39, 0.29) is 11.6 Å². The van der Waals surface area contributed by atoms with Crippen LogP contribution in [0.3, 0.4) is 0 Å². The Morgan fingerprint density at radius 3 is 2.30 bits per heavy atom. The van der Waals surface area contributed by atoms with Crippen LogP contribution in [0.15, 0.2) is 28.7 Å². The van der Waals surface area contributed by atoms with E-state index in [1.165, 1.54) is 5.56 Å². The first-order valence-corrected chi connectivity index (χ1v) is 8.27. The topological polar surface area (TPSA) is 41.3 Å². The van der Waals surface area contributed by atoms with E-state index >= 15 is 0 Å². The molecule has 1 aromatic carbocycles. The van der Waals surface area contributed by atoms with Gasteiger partial charge in [0.25, 0.3) is 0 Å². The van der Waals surface area contributed by atoms with Crippen LogP contribution in [0.4, 0.5) is 0 Å². The van der Waals surface area contributed by atoms with Crippen molar-refractivity contribution in [1.82, 2.24) is 10.3 Å². The summed E-state index contributed by atoms with van der Waals surface area (Å²) < 4.78 is 1.15. The molecule has 0 amide bonds. The predicted molar refractivity (Wildman–Crippen MR) is 90.6 cm³/mol. The third-order valence-electron chi connectivity index (χ3n) is 4.54. The molecule has 2 unspecified atom stereocenters. The van der Waals surface area contributed by atoms with Crippen molar-refractivity contribution in [3.8, 4) is 0 Å². The molecule has 20 heavy (non-hydrogen) atoms. The zero-order valence-electron chi connectivity index (χ0n) is 13.1. The molecule has 0 radical (unpaired) electrons. The van der Waals surface area contributed by atoms with Crippen molar-refractivity contribution in [3.63, 3.8) is 0 Å². The van der Waals surface area contributed by atoms with Crippen LogP contribution in [0.2, 0.25) is 0 Å². The zero-order chi connectivity index (χ0) is 15.2. The minimum Gasteiger partial charge on any atom is -0.297 e. The summed E-state index contributed by atoms with van der Waals surface area (Å²) in [5.74, 6) is 5.89. The van der Waals surface area contributed by atoms with Crippen molar-refractivity contribution in [2.45, 2.75) is 52.1 Å². The van der Waals surface area contributed by atoms with Crippen molar-refractivity contribution < 1.29 is 0 Å². The number of nitrogens with two attached hydrogens (primary N) is 1. The molecule has 2 atom stereocenters. The molecule has 0 spiro atoms. The van der Waals surface area contributed by atoms with Gasteiger partial charge in [-0.2, -0.15) is 0 Å². The van der Waals surface area contributed by atoms with Gasteiger partial charge >= 0.3 is 0 Å². The Hall–Kier alpha value is -0.420. The van der Waals surface area contributed by atoms with Gasteiger partial charge in [-0.15, -0.1) is 0 Å². The minimum atomic E-state index is 0.0491. The fraction of sp³-hybridized carbons (Fsp3) is 0.625. The fourth-order valence-corrected chi connectivity index (χ4v) is 3.43. The quantitative estimate of drug-likeness (QED) is 0.562. The molecule has 0 saturated carbocycles. The molecule has 0 aliphatic rings. The van der Waals surface area contributed by atoms with Gasteiger partial charge in [0.15, 0.2) is 0 Å². The van der Waals surface area contributed by atoms with Crippen LogP contribution in [0.5, 0.6) is 0 Å². The van der Waals surface area contributed by atoms with E-state index in [1.807, 2.05) is 6.07 Å². The Labute approximate surface area is 132 Å². The summed E-state index contributed by atoms with van der Waals surface area (Å²) in [6.07, 6.45) is 1.98. The van der Waals surface area contributed by atoms with Crippen LogP contribution < -0.4 is 11.3 Å². The SMILES string of the molecule is CCN(CC)C(C)(CC)C(Cc1ccccc1Br)NN. The molecule has 0 bridgehead atoms. The van der Waals surface area contributed by atoms with Crippen molar-refractivity contribution in [2.24, 2.45) is 5.84 Å². The van der Waals surface area contributed by atoms with Crippen LogP contribution in [-0.2, 0) is 6.42 Å². The average molecular weight is 342 g/mol. The van der Waals surface area contributed by atoms with Crippen molar-refractivity contribution in [3.05, 3.63) is 34.3 Å². The second kappa shape index (κ2) is 8.13. The maximum Gasteiger partial charge on any atom is 0.0432 e. The molecule has 0 aliphatic carbocycles. The van der Waals surface area contributed by atoms with E-state index < -0.39 is 0 Å². The van der Waals surface area contributed by atoms with E-state index in [0.29, 0.717) is 0 Å². The van der Waals surface area contributed by atoms with Gasteiger partial charge in [0.05, 0.1) is 0 Å². The molecule has 0 aliphatic heterocycles. The van der Waals surface area contributed by atoms with E-state index in [0.717, 1.165) is 30.4 Å². The van der Waals surface area contributed by atoms with E-state index in [9.17, 15) is 0 Å². The fourth-order valence-electron chi connectivity index (χ4n) is 2.98. The molecule has 4 heteroatoms. The number of hydrazine groups is 1. The predicted octanol–water partition coefficient (Wildman–Crippen LogP) is 3.33. The Kier molecular flexibility index (Phi) is 7.17. The normalized spacial score (nSPS) is 16.1. The molecule has 1 rings (SSSR count). The molecule has 0 saturated heterocycles. The highest BCUT2D eigenvalue weighted by atomic mass is 79.9. The summed E-state index contributed by atoms with van der Waals surface area (Å²) in [7, 11) is 0. The van der Waals surface area contributed by atoms with Gasteiger partial charge < -0.3 is 0 Å². The van der Waals surface area contributed by atoms with Gasteiger partial charge in [-0.3, -0.25) is 16.2 Å². The average Bonchev–Trinajstić information content (AvgIpc) is 2.47. The van der Waals surface area contributed by atoms with Gasteiger partial charge in [-0.1, -0.05) is 54.9 Å². The van der Waals surface area contributed by atoms with Gasteiger partial charge in [0.1, 0.15) is 0 Å². The van der Waals surface area contributed by atoms with Crippen LogP contribution in [0.25, 0.3) is 0 Å². The smallest absolute Gasteiger partial charge is 0.0432 e. The Bertz CT molecular complexity index is 406. The number of likely N-dealkylation sites (N-methyl/N-ethyl adjacent to an activating group) is 1. The van der Waals surface area contributed by atoms with Crippen molar-refractivity contribution in [1.29, 1.82) is 0 Å². The minimum absolute atomic E-state index is 0.0491. The van der Waals surface area contributed by atoms with Crippen LogP contribution in [0, 0.1) is 0 Å². The molecule has 0 heterocycles. The molecule has 3 N–H and O–H groups in total. The number of hydrogen-bond donors (Lipinski definition) is 2. The Morgan fingerprint density at radius 1 is 1.25 bits per heavy atom. The van der Waals surface area contributed by atoms with Crippen molar-refractivity contribution in [2.75, 3.05) is 13.1 Å². The number of hydrogen-bond acceptors (Lipinski definition) is 3. The van der Waals surface area contributed by atoms with E-state index in [1.54, 1.807) is 0 Å².